The Balaban J connectivity index is 1.41. The molecular formula is C33H36ClN3O5. The summed E-state index contributed by atoms with van der Waals surface area (Å²) in [6, 6.07) is 16.0. The Morgan fingerprint density at radius 3 is 2.38 bits per heavy atom. The number of nitrogens with zero attached hydrogens (tertiary/aromatic N) is 3. The highest BCUT2D eigenvalue weighted by Crippen LogP contribution is 2.57. The van der Waals surface area contributed by atoms with E-state index in [1.165, 1.54) is 0 Å². The van der Waals surface area contributed by atoms with E-state index in [0.717, 1.165) is 5.56 Å². The van der Waals surface area contributed by atoms with Crippen molar-refractivity contribution < 1.29 is 24.2 Å². The third-order valence-electron chi connectivity index (χ3n) is 9.06. The van der Waals surface area contributed by atoms with E-state index in [2.05, 4.69) is 0 Å². The van der Waals surface area contributed by atoms with Crippen molar-refractivity contribution in [3.63, 3.8) is 0 Å². The number of hydrogen-bond donors (Lipinski definition) is 1. The van der Waals surface area contributed by atoms with Gasteiger partial charge in [-0.25, -0.2) is 0 Å². The first-order valence-corrected chi connectivity index (χ1v) is 15.0. The average molecular weight is 590 g/mol. The van der Waals surface area contributed by atoms with E-state index in [0.29, 0.717) is 49.6 Å². The molecule has 4 aliphatic rings. The average Bonchev–Trinajstić information content (AvgIpc) is 3.25. The quantitative estimate of drug-likeness (QED) is 0.372. The van der Waals surface area contributed by atoms with Gasteiger partial charge in [-0.1, -0.05) is 78.4 Å². The number of aliphatic hydroxyl groups is 1. The Morgan fingerprint density at radius 1 is 0.881 bits per heavy atom. The van der Waals surface area contributed by atoms with Gasteiger partial charge in [0.05, 0.1) is 28.1 Å². The van der Waals surface area contributed by atoms with Crippen LogP contribution in [0.3, 0.4) is 0 Å². The van der Waals surface area contributed by atoms with E-state index in [4.69, 9.17) is 16.3 Å². The topological polar surface area (TPSA) is 90.4 Å². The molecule has 42 heavy (non-hydrogen) atoms. The monoisotopic (exact) mass is 589 g/mol. The van der Waals surface area contributed by atoms with Crippen LogP contribution in [0.4, 0.5) is 5.69 Å². The summed E-state index contributed by atoms with van der Waals surface area (Å²) in [7, 11) is 0. The van der Waals surface area contributed by atoms with Crippen molar-refractivity contribution in [2.75, 3.05) is 31.1 Å². The van der Waals surface area contributed by atoms with Crippen LogP contribution in [0.1, 0.15) is 31.7 Å². The molecule has 0 saturated carbocycles. The van der Waals surface area contributed by atoms with Gasteiger partial charge in [-0.05, 0) is 43.9 Å². The molecule has 1 N–H and O–H groups in total. The number of likely N-dealkylation sites (tertiary alicyclic amines) is 1. The minimum absolute atomic E-state index is 0.0630. The number of carbonyl (C=O) groups is 3. The van der Waals surface area contributed by atoms with Crippen LogP contribution >= 0.6 is 11.6 Å². The van der Waals surface area contributed by atoms with Gasteiger partial charge in [0.2, 0.25) is 11.8 Å². The van der Waals surface area contributed by atoms with Gasteiger partial charge in [0.1, 0.15) is 11.6 Å². The number of hydrogen-bond acceptors (Lipinski definition) is 5. The number of anilines is 1. The van der Waals surface area contributed by atoms with Crippen molar-refractivity contribution in [2.24, 2.45) is 11.8 Å². The Hall–Kier alpha value is -3.46. The van der Waals surface area contributed by atoms with Gasteiger partial charge in [0, 0.05) is 32.8 Å². The van der Waals surface area contributed by atoms with Crippen molar-refractivity contribution in [1.29, 1.82) is 0 Å². The third-order valence-corrected chi connectivity index (χ3v) is 9.38. The lowest BCUT2D eigenvalue weighted by Gasteiger charge is -2.37. The second-order valence-corrected chi connectivity index (χ2v) is 12.1. The standard InChI is InChI=1S/C33H36ClN3O5/c1-32-16-10-18-35(22-23-12-4-2-5-13-23)29(39)26(32)27-30(40)37(19-8-3-9-21-38)28-31(41)36(20-11-17-33(27,28)42-32)25-15-7-6-14-24(25)34/h2,4-7,10-17,26-28,38H,3,8-9,18-22H2,1H3/t26-,27-,28?,32+,33-/m0/s1. The second kappa shape index (κ2) is 11.3. The fourth-order valence-electron chi connectivity index (χ4n) is 7.22. The number of carbonyl (C=O) groups excluding carboxylic acids is 3. The number of ether oxygens (including phenoxy) is 1. The second-order valence-electron chi connectivity index (χ2n) is 11.7. The minimum Gasteiger partial charge on any atom is -0.396 e. The smallest absolute Gasteiger partial charge is 0.253 e. The van der Waals surface area contributed by atoms with Gasteiger partial charge >= 0.3 is 0 Å². The summed E-state index contributed by atoms with van der Waals surface area (Å²) < 4.78 is 6.91. The molecule has 8 nitrogen and oxygen atoms in total. The number of halogens is 1. The molecule has 2 aromatic rings. The lowest BCUT2D eigenvalue weighted by Crippen LogP contribution is -2.56. The number of para-hydroxylation sites is 1. The molecule has 2 fully saturated rings. The highest BCUT2D eigenvalue weighted by atomic mass is 35.5. The molecule has 220 valence electrons. The normalized spacial score (nSPS) is 30.3. The van der Waals surface area contributed by atoms with Gasteiger partial charge in [0.25, 0.3) is 5.91 Å². The number of rotatable bonds is 8. The molecule has 0 bridgehead atoms. The van der Waals surface area contributed by atoms with Crippen molar-refractivity contribution in [1.82, 2.24) is 9.80 Å². The maximum atomic E-state index is 14.5. The summed E-state index contributed by atoms with van der Waals surface area (Å²) in [5.74, 6) is -2.37. The summed E-state index contributed by atoms with van der Waals surface area (Å²) in [4.78, 5) is 48.4. The van der Waals surface area contributed by atoms with Gasteiger partial charge in [-0.2, -0.15) is 0 Å². The number of aliphatic hydroxyl groups excluding tert-OH is 1. The van der Waals surface area contributed by atoms with E-state index in [9.17, 15) is 19.5 Å². The molecule has 4 aliphatic heterocycles. The summed E-state index contributed by atoms with van der Waals surface area (Å²) in [5.41, 5.74) is -0.840. The van der Waals surface area contributed by atoms with Crippen LogP contribution in [0.15, 0.2) is 78.9 Å². The summed E-state index contributed by atoms with van der Waals surface area (Å²) in [6.07, 6.45) is 9.48. The molecule has 2 saturated heterocycles. The number of unbranched alkanes of at least 4 members (excludes halogenated alkanes) is 2. The van der Waals surface area contributed by atoms with Crippen LogP contribution < -0.4 is 4.90 Å². The molecule has 5 atom stereocenters. The Labute approximate surface area is 251 Å². The van der Waals surface area contributed by atoms with E-state index in [1.54, 1.807) is 26.8 Å². The highest BCUT2D eigenvalue weighted by Gasteiger charge is 2.74. The molecule has 9 heteroatoms. The zero-order chi connectivity index (χ0) is 29.5. The fraction of sp³-hybridized carbons (Fsp3) is 0.424. The zero-order valence-electron chi connectivity index (χ0n) is 23.7. The molecule has 0 aromatic heterocycles. The Bertz CT molecular complexity index is 1430. The van der Waals surface area contributed by atoms with Gasteiger partial charge in [-0.15, -0.1) is 0 Å². The third kappa shape index (κ3) is 4.66. The van der Waals surface area contributed by atoms with Crippen molar-refractivity contribution in [3.05, 3.63) is 89.5 Å². The first-order chi connectivity index (χ1) is 20.3. The van der Waals surface area contributed by atoms with Crippen molar-refractivity contribution in [3.8, 4) is 0 Å². The van der Waals surface area contributed by atoms with Crippen LogP contribution in [0, 0.1) is 11.8 Å². The molecule has 1 spiro atoms. The molecule has 4 heterocycles. The minimum atomic E-state index is -1.32. The maximum absolute atomic E-state index is 14.5. The van der Waals surface area contributed by atoms with Crippen LogP contribution in [-0.4, -0.2) is 76.1 Å². The van der Waals surface area contributed by atoms with Crippen molar-refractivity contribution in [2.45, 2.75) is 50.0 Å². The molecule has 2 aromatic carbocycles. The van der Waals surface area contributed by atoms with Crippen LogP contribution in [-0.2, 0) is 25.7 Å². The predicted octanol–water partition coefficient (Wildman–Crippen LogP) is 3.97. The van der Waals surface area contributed by atoms with Crippen LogP contribution in [0.5, 0.6) is 0 Å². The summed E-state index contributed by atoms with van der Waals surface area (Å²) in [6.45, 7) is 3.31. The van der Waals surface area contributed by atoms with Crippen LogP contribution in [0.2, 0.25) is 5.02 Å². The lowest BCUT2D eigenvalue weighted by atomic mass is 9.74. The van der Waals surface area contributed by atoms with E-state index in [-0.39, 0.29) is 30.9 Å². The Morgan fingerprint density at radius 2 is 1.62 bits per heavy atom. The predicted molar refractivity (Wildman–Crippen MR) is 160 cm³/mol. The molecular weight excluding hydrogens is 554 g/mol. The molecule has 1 unspecified atom stereocenters. The molecule has 6 rings (SSSR count). The number of fused-ring (bicyclic) bond motifs is 2. The zero-order valence-corrected chi connectivity index (χ0v) is 24.5. The SMILES string of the molecule is C[C@@]12C=CCN(Cc3ccccc3)C(=O)[C@@H]1[C@H]1C(=O)N(CCCCCO)C3C(=O)N(c4ccccc4Cl)CC=C[C@@]31O2. The van der Waals surface area contributed by atoms with Gasteiger partial charge in [0.15, 0.2) is 0 Å². The Kier molecular flexibility index (Phi) is 7.72. The lowest BCUT2D eigenvalue weighted by molar-refractivity contribution is -0.148. The first kappa shape index (κ1) is 28.6. The highest BCUT2D eigenvalue weighted by molar-refractivity contribution is 6.34. The number of amides is 3. The maximum Gasteiger partial charge on any atom is 0.253 e. The van der Waals surface area contributed by atoms with Gasteiger partial charge in [-0.3, -0.25) is 14.4 Å². The largest absolute Gasteiger partial charge is 0.396 e. The molecule has 0 aliphatic carbocycles. The molecule has 0 radical (unpaired) electrons. The van der Waals surface area contributed by atoms with E-state index in [1.807, 2.05) is 73.7 Å². The number of benzene rings is 2. The van der Waals surface area contributed by atoms with E-state index >= 15 is 0 Å². The molecule has 3 amide bonds. The summed E-state index contributed by atoms with van der Waals surface area (Å²) in [5, 5.41) is 9.74. The first-order valence-electron chi connectivity index (χ1n) is 14.7. The van der Waals surface area contributed by atoms with Crippen molar-refractivity contribution >= 4 is 35.0 Å². The fourth-order valence-corrected chi connectivity index (χ4v) is 7.45. The summed E-state index contributed by atoms with van der Waals surface area (Å²) >= 11 is 6.54. The van der Waals surface area contributed by atoms with Crippen LogP contribution in [0.25, 0.3) is 0 Å². The van der Waals surface area contributed by atoms with E-state index < -0.39 is 29.1 Å². The van der Waals surface area contributed by atoms with Gasteiger partial charge < -0.3 is 24.5 Å².